The molecule has 2 rings (SSSR count). The zero-order valence-electron chi connectivity index (χ0n) is 13.1. The van der Waals surface area contributed by atoms with Crippen molar-refractivity contribution in [3.8, 4) is 0 Å². The molecule has 1 atom stereocenters. The van der Waals surface area contributed by atoms with Gasteiger partial charge in [0.15, 0.2) is 0 Å². The van der Waals surface area contributed by atoms with Gasteiger partial charge in [-0.15, -0.1) is 0 Å². The third-order valence-electron chi connectivity index (χ3n) is 3.98. The van der Waals surface area contributed by atoms with Crippen molar-refractivity contribution in [1.29, 1.82) is 0 Å². The number of carbonyl (C=O) groups excluding carboxylic acids is 2. The predicted octanol–water partition coefficient (Wildman–Crippen LogP) is 2.44. The Hall–Kier alpha value is -1.84. The first-order valence-electron chi connectivity index (χ1n) is 7.68. The van der Waals surface area contributed by atoms with Crippen molar-refractivity contribution in [2.45, 2.75) is 52.1 Å². The summed E-state index contributed by atoms with van der Waals surface area (Å²) < 4.78 is 0. The average molecular weight is 288 g/mol. The van der Waals surface area contributed by atoms with Crippen LogP contribution < -0.4 is 5.32 Å². The van der Waals surface area contributed by atoms with Gasteiger partial charge < -0.3 is 10.2 Å². The van der Waals surface area contributed by atoms with E-state index in [0.29, 0.717) is 31.8 Å². The molecule has 114 valence electrons. The van der Waals surface area contributed by atoms with Crippen LogP contribution >= 0.6 is 0 Å². The lowest BCUT2D eigenvalue weighted by atomic mass is 10.0. The Bertz CT molecular complexity index is 508. The van der Waals surface area contributed by atoms with Crippen LogP contribution in [0.1, 0.15) is 50.7 Å². The fourth-order valence-corrected chi connectivity index (χ4v) is 2.56. The maximum absolute atomic E-state index is 12.4. The van der Waals surface area contributed by atoms with Gasteiger partial charge in [0.1, 0.15) is 6.04 Å². The molecule has 1 aromatic carbocycles. The van der Waals surface area contributed by atoms with Crippen LogP contribution in [0.15, 0.2) is 24.3 Å². The molecule has 0 aliphatic carbocycles. The first kappa shape index (κ1) is 15.5. The van der Waals surface area contributed by atoms with E-state index < -0.39 is 0 Å². The third kappa shape index (κ3) is 3.84. The number of amides is 2. The Labute approximate surface area is 126 Å². The predicted molar refractivity (Wildman–Crippen MR) is 82.8 cm³/mol. The molecule has 4 nitrogen and oxygen atoms in total. The summed E-state index contributed by atoms with van der Waals surface area (Å²) in [6.45, 7) is 7.31. The zero-order chi connectivity index (χ0) is 15.4. The summed E-state index contributed by atoms with van der Waals surface area (Å²) in [7, 11) is 0. The molecule has 0 bridgehead atoms. The minimum atomic E-state index is -0.380. The van der Waals surface area contributed by atoms with Crippen molar-refractivity contribution in [1.82, 2.24) is 10.2 Å². The highest BCUT2D eigenvalue weighted by Gasteiger charge is 2.28. The van der Waals surface area contributed by atoms with Gasteiger partial charge in [-0.3, -0.25) is 9.59 Å². The summed E-state index contributed by atoms with van der Waals surface area (Å²) in [6.07, 6.45) is 1.01. The minimum Gasteiger partial charge on any atom is -0.344 e. The van der Waals surface area contributed by atoms with E-state index in [-0.39, 0.29) is 17.9 Å². The van der Waals surface area contributed by atoms with E-state index in [1.165, 1.54) is 5.56 Å². The molecule has 1 aromatic rings. The highest BCUT2D eigenvalue weighted by atomic mass is 16.2. The van der Waals surface area contributed by atoms with Crippen LogP contribution in [-0.4, -0.2) is 29.3 Å². The molecular weight excluding hydrogens is 264 g/mol. The van der Waals surface area contributed by atoms with Gasteiger partial charge in [0, 0.05) is 19.5 Å². The van der Waals surface area contributed by atoms with Gasteiger partial charge in [-0.25, -0.2) is 0 Å². The lowest BCUT2D eigenvalue weighted by molar-refractivity contribution is -0.134. The summed E-state index contributed by atoms with van der Waals surface area (Å²) in [4.78, 5) is 25.8. The van der Waals surface area contributed by atoms with Crippen molar-refractivity contribution < 1.29 is 9.59 Å². The second kappa shape index (κ2) is 6.74. The first-order valence-corrected chi connectivity index (χ1v) is 7.68. The van der Waals surface area contributed by atoms with E-state index in [0.717, 1.165) is 5.56 Å². The van der Waals surface area contributed by atoms with Crippen LogP contribution in [0, 0.1) is 0 Å². The van der Waals surface area contributed by atoms with Crippen molar-refractivity contribution in [2.75, 3.05) is 6.54 Å². The Morgan fingerprint density at radius 2 is 1.90 bits per heavy atom. The normalized spacial score (nSPS) is 19.6. The molecular formula is C17H24N2O2. The molecule has 1 N–H and O–H groups in total. The van der Waals surface area contributed by atoms with Crippen molar-refractivity contribution >= 4 is 11.8 Å². The van der Waals surface area contributed by atoms with Crippen LogP contribution in [0.25, 0.3) is 0 Å². The van der Waals surface area contributed by atoms with Crippen LogP contribution in [0.5, 0.6) is 0 Å². The smallest absolute Gasteiger partial charge is 0.245 e. The average Bonchev–Trinajstić information content (AvgIpc) is 2.60. The number of benzene rings is 1. The van der Waals surface area contributed by atoms with Crippen LogP contribution in [0.2, 0.25) is 0 Å². The lowest BCUT2D eigenvalue weighted by Gasteiger charge is -2.23. The maximum Gasteiger partial charge on any atom is 0.245 e. The molecule has 0 aromatic heterocycles. The molecule has 1 saturated heterocycles. The molecule has 1 heterocycles. The van der Waals surface area contributed by atoms with Crippen molar-refractivity contribution in [2.24, 2.45) is 0 Å². The number of nitrogens with one attached hydrogen (secondary N) is 1. The summed E-state index contributed by atoms with van der Waals surface area (Å²) in [5.74, 6) is 0.495. The molecule has 1 aliphatic rings. The van der Waals surface area contributed by atoms with Crippen molar-refractivity contribution in [3.63, 3.8) is 0 Å². The molecule has 1 fully saturated rings. The summed E-state index contributed by atoms with van der Waals surface area (Å²) in [6, 6.07) is 7.99. The monoisotopic (exact) mass is 288 g/mol. The molecule has 21 heavy (non-hydrogen) atoms. The molecule has 2 amide bonds. The molecule has 1 unspecified atom stereocenters. The standard InChI is InChI=1S/C17H24N2O2/c1-4-15-17(21)19(10-9-16(20)18-15)11-13-5-7-14(8-6-13)12(2)3/h5-8,12,15H,4,9-11H2,1-3H3,(H,18,20). The van der Waals surface area contributed by atoms with Gasteiger partial charge in [-0.1, -0.05) is 45.0 Å². The first-order chi connectivity index (χ1) is 10.0. The summed E-state index contributed by atoms with van der Waals surface area (Å²) >= 11 is 0. The van der Waals surface area contributed by atoms with E-state index in [1.54, 1.807) is 4.90 Å². The Morgan fingerprint density at radius 1 is 1.24 bits per heavy atom. The van der Waals surface area contributed by atoms with Crippen LogP contribution in [-0.2, 0) is 16.1 Å². The van der Waals surface area contributed by atoms with E-state index >= 15 is 0 Å². The highest BCUT2D eigenvalue weighted by Crippen LogP contribution is 2.17. The molecule has 4 heteroatoms. The number of rotatable bonds is 4. The van der Waals surface area contributed by atoms with E-state index in [2.05, 4.69) is 43.4 Å². The quantitative estimate of drug-likeness (QED) is 0.925. The number of nitrogens with zero attached hydrogens (tertiary/aromatic N) is 1. The van der Waals surface area contributed by atoms with Gasteiger partial charge in [-0.2, -0.15) is 0 Å². The largest absolute Gasteiger partial charge is 0.344 e. The zero-order valence-corrected chi connectivity index (χ0v) is 13.1. The fourth-order valence-electron chi connectivity index (χ4n) is 2.56. The Morgan fingerprint density at radius 3 is 2.48 bits per heavy atom. The molecule has 1 aliphatic heterocycles. The SMILES string of the molecule is CCC1NC(=O)CCN(Cc2ccc(C(C)C)cc2)C1=O. The van der Waals surface area contributed by atoms with E-state index in [4.69, 9.17) is 0 Å². The third-order valence-corrected chi connectivity index (χ3v) is 3.98. The van der Waals surface area contributed by atoms with Crippen LogP contribution in [0.3, 0.4) is 0 Å². The summed E-state index contributed by atoms with van der Waals surface area (Å²) in [5, 5.41) is 2.79. The summed E-state index contributed by atoms with van der Waals surface area (Å²) in [5.41, 5.74) is 2.40. The molecule has 0 radical (unpaired) electrons. The topological polar surface area (TPSA) is 49.4 Å². The van der Waals surface area contributed by atoms with Crippen molar-refractivity contribution in [3.05, 3.63) is 35.4 Å². The van der Waals surface area contributed by atoms with E-state index in [1.807, 2.05) is 6.92 Å². The second-order valence-electron chi connectivity index (χ2n) is 5.93. The van der Waals surface area contributed by atoms with Crippen LogP contribution in [0.4, 0.5) is 0 Å². The minimum absolute atomic E-state index is 0.0243. The van der Waals surface area contributed by atoms with E-state index in [9.17, 15) is 9.59 Å². The van der Waals surface area contributed by atoms with Gasteiger partial charge in [0.25, 0.3) is 0 Å². The number of hydrogen-bond acceptors (Lipinski definition) is 2. The highest BCUT2D eigenvalue weighted by molar-refractivity contribution is 5.89. The van der Waals surface area contributed by atoms with Gasteiger partial charge in [-0.05, 0) is 23.5 Å². The number of hydrogen-bond donors (Lipinski definition) is 1. The number of carbonyl (C=O) groups is 2. The second-order valence-corrected chi connectivity index (χ2v) is 5.93. The fraction of sp³-hybridized carbons (Fsp3) is 0.529. The lowest BCUT2D eigenvalue weighted by Crippen LogP contribution is -2.43. The maximum atomic E-state index is 12.4. The molecule has 0 saturated carbocycles. The Balaban J connectivity index is 2.09. The Kier molecular flexibility index (Phi) is 4.99. The van der Waals surface area contributed by atoms with Gasteiger partial charge in [0.2, 0.25) is 11.8 Å². The van der Waals surface area contributed by atoms with Gasteiger partial charge in [0.05, 0.1) is 0 Å². The van der Waals surface area contributed by atoms with Gasteiger partial charge >= 0.3 is 0 Å². The molecule has 0 spiro atoms.